The maximum Gasteiger partial charge on any atom is 0.334 e. The van der Waals surface area contributed by atoms with Crippen LogP contribution in [0.1, 0.15) is 5.56 Å². The van der Waals surface area contributed by atoms with Crippen molar-refractivity contribution in [3.63, 3.8) is 0 Å². The predicted molar refractivity (Wildman–Crippen MR) is 61.8 cm³/mol. The van der Waals surface area contributed by atoms with Crippen LogP contribution in [0.25, 0.3) is 0 Å². The zero-order valence-corrected chi connectivity index (χ0v) is 10.8. The quantitative estimate of drug-likeness (QED) is 0.775. The molecular weight excluding hydrogens is 258 g/mol. The van der Waals surface area contributed by atoms with Gasteiger partial charge in [0.2, 0.25) is 0 Å². The van der Waals surface area contributed by atoms with Gasteiger partial charge in [0.1, 0.15) is 0 Å². The van der Waals surface area contributed by atoms with Gasteiger partial charge in [-0.3, -0.25) is 4.57 Å². The Bertz CT molecular complexity index is 367. The second-order valence-electron chi connectivity index (χ2n) is 2.83. The van der Waals surface area contributed by atoms with Crippen LogP contribution in [0.15, 0.2) is 18.2 Å². The van der Waals surface area contributed by atoms with Crippen LogP contribution >= 0.6 is 30.8 Å². The Hall–Kier alpha value is -0.0500. The summed E-state index contributed by atoms with van der Waals surface area (Å²) in [5.41, 5.74) is 0.577. The highest BCUT2D eigenvalue weighted by molar-refractivity contribution is 7.53. The molecule has 15 heavy (non-hydrogen) atoms. The summed E-state index contributed by atoms with van der Waals surface area (Å²) >= 11 is 11.9. The molecule has 1 aromatic rings. The maximum absolute atomic E-state index is 11.9. The monoisotopic (exact) mass is 268 g/mol. The van der Waals surface area contributed by atoms with Crippen molar-refractivity contribution in [1.29, 1.82) is 0 Å². The maximum atomic E-state index is 11.9. The minimum absolute atomic E-state index is 0.0680. The minimum Gasteiger partial charge on any atom is -0.312 e. The van der Waals surface area contributed by atoms with Gasteiger partial charge in [-0.05, 0) is 12.1 Å². The third-order valence-corrected chi connectivity index (χ3v) is 4.49. The lowest BCUT2D eigenvalue weighted by molar-refractivity contribution is 0.275. The van der Waals surface area contributed by atoms with E-state index in [9.17, 15) is 4.57 Å². The number of hydrogen-bond donors (Lipinski definition) is 0. The van der Waals surface area contributed by atoms with Crippen molar-refractivity contribution >= 4 is 30.8 Å². The molecule has 0 fully saturated rings. The third kappa shape index (κ3) is 3.20. The second kappa shape index (κ2) is 5.33. The first-order valence-electron chi connectivity index (χ1n) is 4.16. The fraction of sp³-hybridized carbons (Fsp3) is 0.333. The van der Waals surface area contributed by atoms with Gasteiger partial charge in [0.25, 0.3) is 0 Å². The molecule has 6 heteroatoms. The Labute approximate surface area is 98.8 Å². The molecular formula is C9H11Cl2O3P. The number of rotatable bonds is 4. The average molecular weight is 269 g/mol. The molecule has 0 saturated carbocycles. The van der Waals surface area contributed by atoms with Crippen molar-refractivity contribution in [2.45, 2.75) is 6.16 Å². The van der Waals surface area contributed by atoms with E-state index in [0.717, 1.165) is 0 Å². The molecule has 0 aromatic heterocycles. The lowest BCUT2D eigenvalue weighted by Gasteiger charge is -2.15. The summed E-state index contributed by atoms with van der Waals surface area (Å²) in [5, 5.41) is 0.911. The molecule has 0 aliphatic rings. The molecule has 0 radical (unpaired) electrons. The van der Waals surface area contributed by atoms with Crippen LogP contribution in [0.3, 0.4) is 0 Å². The summed E-state index contributed by atoms with van der Waals surface area (Å²) in [4.78, 5) is 0. The molecule has 0 aliphatic heterocycles. The third-order valence-electron chi connectivity index (χ3n) is 1.97. The summed E-state index contributed by atoms with van der Waals surface area (Å²) in [6.07, 6.45) is 0.0680. The molecule has 0 bridgehead atoms. The van der Waals surface area contributed by atoms with Crippen LogP contribution in [0.5, 0.6) is 0 Å². The van der Waals surface area contributed by atoms with E-state index >= 15 is 0 Å². The van der Waals surface area contributed by atoms with E-state index in [2.05, 4.69) is 0 Å². The van der Waals surface area contributed by atoms with Crippen LogP contribution in [0.4, 0.5) is 0 Å². The highest BCUT2D eigenvalue weighted by Crippen LogP contribution is 2.51. The summed E-state index contributed by atoms with van der Waals surface area (Å²) in [7, 11) is -0.469. The molecule has 0 unspecified atom stereocenters. The smallest absolute Gasteiger partial charge is 0.312 e. The molecule has 0 spiro atoms. The fourth-order valence-electron chi connectivity index (χ4n) is 1.08. The van der Waals surface area contributed by atoms with Crippen molar-refractivity contribution in [2.24, 2.45) is 0 Å². The number of hydrogen-bond acceptors (Lipinski definition) is 3. The molecule has 0 amide bonds. The zero-order valence-electron chi connectivity index (χ0n) is 8.37. The second-order valence-corrected chi connectivity index (χ2v) is 5.92. The lowest BCUT2D eigenvalue weighted by atomic mass is 10.2. The van der Waals surface area contributed by atoms with Gasteiger partial charge in [0.05, 0.1) is 6.16 Å². The molecule has 1 rings (SSSR count). The zero-order chi connectivity index (χ0) is 11.5. The molecule has 0 saturated heterocycles. The highest BCUT2D eigenvalue weighted by Gasteiger charge is 2.24. The SMILES string of the molecule is COP(=O)(Cc1c(Cl)cccc1Cl)OC. The highest BCUT2D eigenvalue weighted by atomic mass is 35.5. The largest absolute Gasteiger partial charge is 0.334 e. The van der Waals surface area contributed by atoms with Crippen molar-refractivity contribution in [3.05, 3.63) is 33.8 Å². The minimum atomic E-state index is -3.13. The first-order chi connectivity index (χ1) is 7.02. The van der Waals surface area contributed by atoms with E-state index in [-0.39, 0.29) is 6.16 Å². The normalized spacial score (nSPS) is 11.7. The summed E-state index contributed by atoms with van der Waals surface area (Å²) in [5.74, 6) is 0. The van der Waals surface area contributed by atoms with Crippen molar-refractivity contribution in [2.75, 3.05) is 14.2 Å². The summed E-state index contributed by atoms with van der Waals surface area (Å²) in [6.45, 7) is 0. The van der Waals surface area contributed by atoms with Gasteiger partial charge in [0.15, 0.2) is 0 Å². The molecule has 0 aliphatic carbocycles. The van der Waals surface area contributed by atoms with Crippen molar-refractivity contribution in [3.8, 4) is 0 Å². The Kier molecular flexibility index (Phi) is 4.63. The van der Waals surface area contributed by atoms with Gasteiger partial charge in [-0.15, -0.1) is 0 Å². The van der Waals surface area contributed by atoms with Crippen LogP contribution in [0, 0.1) is 0 Å². The molecule has 0 N–H and O–H groups in total. The fourth-order valence-corrected chi connectivity index (χ4v) is 2.93. The summed E-state index contributed by atoms with van der Waals surface area (Å²) in [6, 6.07) is 5.08. The van der Waals surface area contributed by atoms with Gasteiger partial charge in [-0.2, -0.15) is 0 Å². The van der Waals surface area contributed by atoms with E-state index in [1.165, 1.54) is 14.2 Å². The van der Waals surface area contributed by atoms with Gasteiger partial charge in [-0.25, -0.2) is 0 Å². The van der Waals surface area contributed by atoms with Crippen LogP contribution in [-0.4, -0.2) is 14.2 Å². The standard InChI is InChI=1S/C9H11Cl2O3P/c1-13-15(12,14-2)6-7-8(10)4-3-5-9(7)11/h3-5H,6H2,1-2H3. The molecule has 3 nitrogen and oxygen atoms in total. The van der Waals surface area contributed by atoms with E-state index in [0.29, 0.717) is 15.6 Å². The predicted octanol–water partition coefficient (Wildman–Crippen LogP) is 3.98. The topological polar surface area (TPSA) is 35.5 Å². The van der Waals surface area contributed by atoms with Crippen LogP contribution < -0.4 is 0 Å². The van der Waals surface area contributed by atoms with Crippen molar-refractivity contribution < 1.29 is 13.6 Å². The van der Waals surface area contributed by atoms with Crippen LogP contribution in [0.2, 0.25) is 10.0 Å². The first-order valence-corrected chi connectivity index (χ1v) is 6.64. The van der Waals surface area contributed by atoms with Gasteiger partial charge >= 0.3 is 7.60 Å². The van der Waals surface area contributed by atoms with Gasteiger partial charge in [0, 0.05) is 29.8 Å². The Morgan fingerprint density at radius 1 is 1.20 bits per heavy atom. The van der Waals surface area contributed by atoms with E-state index in [4.69, 9.17) is 32.2 Å². The average Bonchev–Trinajstić information content (AvgIpc) is 2.23. The Balaban J connectivity index is 3.03. The Morgan fingerprint density at radius 3 is 2.07 bits per heavy atom. The lowest BCUT2D eigenvalue weighted by Crippen LogP contribution is -1.95. The molecule has 0 heterocycles. The Morgan fingerprint density at radius 2 is 1.67 bits per heavy atom. The molecule has 84 valence electrons. The van der Waals surface area contributed by atoms with Crippen LogP contribution in [-0.2, 0) is 19.8 Å². The van der Waals surface area contributed by atoms with Crippen molar-refractivity contribution in [1.82, 2.24) is 0 Å². The summed E-state index contributed by atoms with van der Waals surface area (Å²) < 4.78 is 21.5. The molecule has 1 aromatic carbocycles. The number of halogens is 2. The number of benzene rings is 1. The van der Waals surface area contributed by atoms with E-state index in [1.54, 1.807) is 18.2 Å². The van der Waals surface area contributed by atoms with E-state index in [1.807, 2.05) is 0 Å². The van der Waals surface area contributed by atoms with Gasteiger partial charge < -0.3 is 9.05 Å². The molecule has 0 atom stereocenters. The van der Waals surface area contributed by atoms with E-state index < -0.39 is 7.60 Å². The first kappa shape index (κ1) is 13.0. The van der Waals surface area contributed by atoms with Gasteiger partial charge in [-0.1, -0.05) is 29.3 Å².